The predicted octanol–water partition coefficient (Wildman–Crippen LogP) is 3.14. The SMILES string of the molecule is CCOC(=O)CNC(=O)c1cccnc1Sc1ccc(C)c(C)c1. The second-order valence-electron chi connectivity index (χ2n) is 5.19. The summed E-state index contributed by atoms with van der Waals surface area (Å²) in [5, 5.41) is 3.16. The van der Waals surface area contributed by atoms with Gasteiger partial charge in [0, 0.05) is 11.1 Å². The first-order valence-electron chi connectivity index (χ1n) is 7.65. The van der Waals surface area contributed by atoms with Crippen LogP contribution in [0.1, 0.15) is 28.4 Å². The summed E-state index contributed by atoms with van der Waals surface area (Å²) in [6.07, 6.45) is 1.64. The van der Waals surface area contributed by atoms with Crippen LogP contribution >= 0.6 is 11.8 Å². The number of esters is 1. The lowest BCUT2D eigenvalue weighted by molar-refractivity contribution is -0.141. The van der Waals surface area contributed by atoms with Crippen LogP contribution in [0.2, 0.25) is 0 Å². The summed E-state index contributed by atoms with van der Waals surface area (Å²) in [6, 6.07) is 9.50. The molecular weight excluding hydrogens is 324 g/mol. The number of nitrogens with zero attached hydrogens (tertiary/aromatic N) is 1. The second-order valence-corrected chi connectivity index (χ2v) is 6.25. The van der Waals surface area contributed by atoms with Gasteiger partial charge in [-0.05, 0) is 56.2 Å². The number of ether oxygens (including phenoxy) is 1. The fraction of sp³-hybridized carbons (Fsp3) is 0.278. The third-order valence-corrected chi connectivity index (χ3v) is 4.42. The third kappa shape index (κ3) is 4.83. The lowest BCUT2D eigenvalue weighted by Gasteiger charge is -2.09. The Balaban J connectivity index is 2.13. The van der Waals surface area contributed by atoms with Gasteiger partial charge < -0.3 is 10.1 Å². The zero-order valence-corrected chi connectivity index (χ0v) is 14.8. The number of benzene rings is 1. The van der Waals surface area contributed by atoms with E-state index in [4.69, 9.17) is 4.74 Å². The molecule has 0 saturated carbocycles. The van der Waals surface area contributed by atoms with Gasteiger partial charge in [0.25, 0.3) is 5.91 Å². The Morgan fingerprint density at radius 2 is 2.00 bits per heavy atom. The van der Waals surface area contributed by atoms with E-state index < -0.39 is 5.97 Å². The van der Waals surface area contributed by atoms with Crippen LogP contribution in [-0.4, -0.2) is 30.0 Å². The molecule has 1 aromatic carbocycles. The van der Waals surface area contributed by atoms with Crippen molar-refractivity contribution in [1.82, 2.24) is 10.3 Å². The molecule has 24 heavy (non-hydrogen) atoms. The molecule has 0 aliphatic heterocycles. The molecule has 0 unspecified atom stereocenters. The van der Waals surface area contributed by atoms with Crippen LogP contribution < -0.4 is 5.32 Å². The van der Waals surface area contributed by atoms with Gasteiger partial charge in [-0.25, -0.2) is 4.98 Å². The highest BCUT2D eigenvalue weighted by Gasteiger charge is 2.15. The molecule has 126 valence electrons. The maximum absolute atomic E-state index is 12.3. The number of pyridine rings is 1. The summed E-state index contributed by atoms with van der Waals surface area (Å²) >= 11 is 1.42. The van der Waals surface area contributed by atoms with Crippen LogP contribution in [0.25, 0.3) is 0 Å². The number of aryl methyl sites for hydroxylation is 2. The minimum atomic E-state index is -0.460. The summed E-state index contributed by atoms with van der Waals surface area (Å²) in [6.45, 7) is 5.95. The number of hydrogen-bond donors (Lipinski definition) is 1. The molecule has 0 fully saturated rings. The highest BCUT2D eigenvalue weighted by atomic mass is 32.2. The van der Waals surface area contributed by atoms with Crippen molar-refractivity contribution < 1.29 is 14.3 Å². The Morgan fingerprint density at radius 1 is 1.21 bits per heavy atom. The molecule has 0 saturated heterocycles. The first-order chi connectivity index (χ1) is 11.5. The van der Waals surface area contributed by atoms with Crippen LogP contribution in [0.15, 0.2) is 46.5 Å². The molecule has 1 amide bonds. The summed E-state index contributed by atoms with van der Waals surface area (Å²) in [5.41, 5.74) is 2.84. The van der Waals surface area contributed by atoms with E-state index in [1.165, 1.54) is 22.9 Å². The maximum atomic E-state index is 12.3. The van der Waals surface area contributed by atoms with Crippen LogP contribution in [-0.2, 0) is 9.53 Å². The van der Waals surface area contributed by atoms with Crippen LogP contribution in [0, 0.1) is 13.8 Å². The molecule has 6 heteroatoms. The first-order valence-corrected chi connectivity index (χ1v) is 8.47. The van der Waals surface area contributed by atoms with Crippen molar-refractivity contribution >= 4 is 23.6 Å². The topological polar surface area (TPSA) is 68.3 Å². The molecule has 5 nitrogen and oxygen atoms in total. The molecule has 0 radical (unpaired) electrons. The minimum absolute atomic E-state index is 0.157. The smallest absolute Gasteiger partial charge is 0.325 e. The van der Waals surface area contributed by atoms with E-state index in [0.29, 0.717) is 10.6 Å². The molecule has 1 aromatic heterocycles. The number of aromatic nitrogens is 1. The number of carbonyl (C=O) groups excluding carboxylic acids is 2. The van der Waals surface area contributed by atoms with E-state index >= 15 is 0 Å². The van der Waals surface area contributed by atoms with Gasteiger partial charge in [0.2, 0.25) is 0 Å². The van der Waals surface area contributed by atoms with E-state index in [2.05, 4.69) is 23.3 Å². The Bertz CT molecular complexity index is 747. The monoisotopic (exact) mass is 344 g/mol. The normalized spacial score (nSPS) is 10.3. The maximum Gasteiger partial charge on any atom is 0.325 e. The van der Waals surface area contributed by atoms with Crippen LogP contribution in [0.4, 0.5) is 0 Å². The van der Waals surface area contributed by atoms with Crippen molar-refractivity contribution in [2.75, 3.05) is 13.2 Å². The number of nitrogens with one attached hydrogen (secondary N) is 1. The summed E-state index contributed by atoms with van der Waals surface area (Å²) < 4.78 is 4.80. The van der Waals surface area contributed by atoms with Gasteiger partial charge in [-0.2, -0.15) is 0 Å². The molecular formula is C18H20N2O3S. The average Bonchev–Trinajstić information content (AvgIpc) is 2.57. The molecule has 0 aliphatic rings. The Hall–Kier alpha value is -2.34. The van der Waals surface area contributed by atoms with Gasteiger partial charge >= 0.3 is 5.97 Å². The molecule has 2 aromatic rings. The molecule has 0 bridgehead atoms. The summed E-state index contributed by atoms with van der Waals surface area (Å²) in [5.74, 6) is -0.805. The fourth-order valence-corrected chi connectivity index (χ4v) is 2.97. The average molecular weight is 344 g/mol. The predicted molar refractivity (Wildman–Crippen MR) is 93.2 cm³/mol. The van der Waals surface area contributed by atoms with E-state index in [1.807, 2.05) is 19.1 Å². The molecule has 1 N–H and O–H groups in total. The van der Waals surface area contributed by atoms with Crippen molar-refractivity contribution in [3.8, 4) is 0 Å². The van der Waals surface area contributed by atoms with Crippen molar-refractivity contribution in [2.45, 2.75) is 30.7 Å². The zero-order valence-electron chi connectivity index (χ0n) is 14.0. The van der Waals surface area contributed by atoms with Gasteiger partial charge in [-0.15, -0.1) is 0 Å². The number of rotatable bonds is 6. The first kappa shape index (κ1) is 18.0. The van der Waals surface area contributed by atoms with Crippen molar-refractivity contribution in [3.63, 3.8) is 0 Å². The van der Waals surface area contributed by atoms with Gasteiger partial charge in [-0.3, -0.25) is 9.59 Å². The van der Waals surface area contributed by atoms with Crippen molar-refractivity contribution in [1.29, 1.82) is 0 Å². The van der Waals surface area contributed by atoms with E-state index in [1.54, 1.807) is 25.3 Å². The minimum Gasteiger partial charge on any atom is -0.465 e. The second kappa shape index (κ2) is 8.49. The summed E-state index contributed by atoms with van der Waals surface area (Å²) in [7, 11) is 0. The number of carbonyl (C=O) groups is 2. The van der Waals surface area contributed by atoms with Gasteiger partial charge in [0.15, 0.2) is 0 Å². The fourth-order valence-electron chi connectivity index (χ4n) is 1.99. The Morgan fingerprint density at radius 3 is 2.71 bits per heavy atom. The highest BCUT2D eigenvalue weighted by Crippen LogP contribution is 2.29. The molecule has 0 atom stereocenters. The largest absolute Gasteiger partial charge is 0.465 e. The summed E-state index contributed by atoms with van der Waals surface area (Å²) in [4.78, 5) is 29.0. The van der Waals surface area contributed by atoms with Gasteiger partial charge in [-0.1, -0.05) is 17.8 Å². The zero-order chi connectivity index (χ0) is 17.5. The van der Waals surface area contributed by atoms with Crippen LogP contribution in [0.5, 0.6) is 0 Å². The van der Waals surface area contributed by atoms with Crippen LogP contribution in [0.3, 0.4) is 0 Å². The van der Waals surface area contributed by atoms with E-state index in [-0.39, 0.29) is 19.1 Å². The molecule has 0 spiro atoms. The van der Waals surface area contributed by atoms with E-state index in [0.717, 1.165) is 4.90 Å². The number of amides is 1. The highest BCUT2D eigenvalue weighted by molar-refractivity contribution is 7.99. The standard InChI is InChI=1S/C18H20N2O3S/c1-4-23-16(21)11-20-17(22)15-6-5-9-19-18(15)24-14-8-7-12(2)13(3)10-14/h5-10H,4,11H2,1-3H3,(H,20,22). The quantitative estimate of drug-likeness (QED) is 0.815. The lowest BCUT2D eigenvalue weighted by Crippen LogP contribution is -2.31. The third-order valence-electron chi connectivity index (χ3n) is 3.41. The van der Waals surface area contributed by atoms with Gasteiger partial charge in [0.1, 0.15) is 11.6 Å². The molecule has 0 aliphatic carbocycles. The Kier molecular flexibility index (Phi) is 6.37. The lowest BCUT2D eigenvalue weighted by atomic mass is 10.1. The van der Waals surface area contributed by atoms with E-state index in [9.17, 15) is 9.59 Å². The Labute approximate surface area is 145 Å². The van der Waals surface area contributed by atoms with Crippen molar-refractivity contribution in [2.24, 2.45) is 0 Å². The van der Waals surface area contributed by atoms with Crippen molar-refractivity contribution in [3.05, 3.63) is 53.2 Å². The van der Waals surface area contributed by atoms with Gasteiger partial charge in [0.05, 0.1) is 12.2 Å². The molecule has 1 heterocycles. The molecule has 2 rings (SSSR count). The number of hydrogen-bond acceptors (Lipinski definition) is 5.